The molecule has 0 radical (unpaired) electrons. The molecule has 4 aromatic rings. The van der Waals surface area contributed by atoms with Crippen molar-refractivity contribution >= 4 is 17.8 Å². The summed E-state index contributed by atoms with van der Waals surface area (Å²) in [6.07, 6.45) is 1.39. The molecule has 172 valence electrons. The fraction of sp³-hybridized carbons (Fsp3) is 0. The number of esters is 2. The number of aromatic hydroxyl groups is 1. The summed E-state index contributed by atoms with van der Waals surface area (Å²) in [7, 11) is 0. The number of phenolic OH excluding ortho intramolecular Hbond substituents is 1. The van der Waals surface area contributed by atoms with Gasteiger partial charge in [-0.25, -0.2) is 15.4 Å². The zero-order valence-electron chi connectivity index (χ0n) is 18.0. The summed E-state index contributed by atoms with van der Waals surface area (Å²) in [5, 5.41) is 19.2. The van der Waals surface area contributed by atoms with Crippen LogP contribution in [0.2, 0.25) is 0 Å². The first-order valence-corrected chi connectivity index (χ1v) is 10.2. The minimum atomic E-state index is -1.23. The van der Waals surface area contributed by atoms with Gasteiger partial charge in [-0.15, -0.1) is 0 Å². The van der Waals surface area contributed by atoms with E-state index in [1.54, 1.807) is 35.8 Å². The molecule has 0 aliphatic rings. The van der Waals surface area contributed by atoms with Gasteiger partial charge in [0.15, 0.2) is 0 Å². The third-order valence-corrected chi connectivity index (χ3v) is 5.18. The number of nitrogens with zero attached hydrogens (tertiary/aromatic N) is 1. The Morgan fingerprint density at radius 1 is 0.914 bits per heavy atom. The van der Waals surface area contributed by atoms with Crippen molar-refractivity contribution in [2.75, 3.05) is 0 Å². The Hall–Kier alpha value is -5.20. The lowest BCUT2D eigenvalue weighted by Crippen LogP contribution is -2.32. The number of benzene rings is 3. The molecule has 0 aliphatic carbocycles. The highest BCUT2D eigenvalue weighted by Crippen LogP contribution is 2.37. The number of hydrogen-bond donors (Lipinski definition) is 3. The molecule has 1 heterocycles. The van der Waals surface area contributed by atoms with E-state index < -0.39 is 40.3 Å². The predicted molar refractivity (Wildman–Crippen MR) is 124 cm³/mol. The van der Waals surface area contributed by atoms with Gasteiger partial charge in [0, 0.05) is 11.1 Å². The molecule has 0 atom stereocenters. The van der Waals surface area contributed by atoms with Crippen LogP contribution in [0.1, 0.15) is 36.8 Å². The molecular formula is C26H17N3O6. The van der Waals surface area contributed by atoms with Crippen molar-refractivity contribution in [3.63, 3.8) is 0 Å². The van der Waals surface area contributed by atoms with Crippen LogP contribution in [0.3, 0.4) is 0 Å². The van der Waals surface area contributed by atoms with Crippen LogP contribution in [0, 0.1) is 11.3 Å². The number of ether oxygens (including phenoxy) is 1. The summed E-state index contributed by atoms with van der Waals surface area (Å²) < 4.78 is 10.6. The standard InChI is InChI=1S/C26H17N3O6/c27-13-18-20(30)12-11-17(22(18)24(31)29-28)25(32)35-26(33)23-21(16-9-5-2-6-10-16)19(14-34-23)15-7-3-1-4-8-15/h1-12,14,30H,28H2,(H,29,31). The van der Waals surface area contributed by atoms with Crippen LogP contribution in [-0.2, 0) is 4.74 Å². The Kier molecular flexibility index (Phi) is 6.39. The van der Waals surface area contributed by atoms with Gasteiger partial charge in [-0.1, -0.05) is 60.7 Å². The molecule has 0 unspecified atom stereocenters. The van der Waals surface area contributed by atoms with Gasteiger partial charge in [0.05, 0.1) is 11.1 Å². The van der Waals surface area contributed by atoms with Crippen LogP contribution in [0.5, 0.6) is 5.75 Å². The maximum atomic E-state index is 13.1. The fourth-order valence-electron chi connectivity index (χ4n) is 3.60. The van der Waals surface area contributed by atoms with Gasteiger partial charge >= 0.3 is 11.9 Å². The Labute approximate surface area is 199 Å². The predicted octanol–water partition coefficient (Wildman–Crippen LogP) is 3.79. The highest BCUT2D eigenvalue weighted by atomic mass is 16.6. The number of nitrogens with two attached hydrogens (primary N) is 1. The van der Waals surface area contributed by atoms with Crippen molar-refractivity contribution in [2.45, 2.75) is 0 Å². The first kappa shape index (κ1) is 23.0. The van der Waals surface area contributed by atoms with E-state index in [1.807, 2.05) is 36.4 Å². The molecule has 0 spiro atoms. The van der Waals surface area contributed by atoms with E-state index in [1.165, 1.54) is 6.26 Å². The Morgan fingerprint density at radius 2 is 1.54 bits per heavy atom. The molecule has 3 aromatic carbocycles. The van der Waals surface area contributed by atoms with E-state index in [4.69, 9.17) is 15.0 Å². The highest BCUT2D eigenvalue weighted by Gasteiger charge is 2.29. The SMILES string of the molecule is N#Cc1c(O)ccc(C(=O)OC(=O)c2occ(-c3ccccc3)c2-c2ccccc2)c1C(=O)NN. The Morgan fingerprint density at radius 3 is 2.14 bits per heavy atom. The van der Waals surface area contributed by atoms with E-state index in [2.05, 4.69) is 0 Å². The van der Waals surface area contributed by atoms with E-state index in [0.717, 1.165) is 17.7 Å². The molecule has 4 rings (SSSR count). The maximum absolute atomic E-state index is 13.1. The van der Waals surface area contributed by atoms with Crippen molar-refractivity contribution < 1.29 is 28.6 Å². The second-order valence-corrected chi connectivity index (χ2v) is 7.23. The van der Waals surface area contributed by atoms with Crippen LogP contribution in [0.15, 0.2) is 83.5 Å². The number of carbonyl (C=O) groups is 3. The zero-order chi connectivity index (χ0) is 24.9. The first-order chi connectivity index (χ1) is 17.0. The van der Waals surface area contributed by atoms with Gasteiger partial charge in [-0.2, -0.15) is 5.26 Å². The van der Waals surface area contributed by atoms with E-state index in [9.17, 15) is 24.8 Å². The number of hydrogen-bond acceptors (Lipinski definition) is 8. The normalized spacial score (nSPS) is 10.3. The molecule has 0 bridgehead atoms. The molecule has 35 heavy (non-hydrogen) atoms. The van der Waals surface area contributed by atoms with Crippen molar-refractivity contribution in [1.29, 1.82) is 5.26 Å². The minimum Gasteiger partial charge on any atom is -0.507 e. The Balaban J connectivity index is 1.76. The van der Waals surface area contributed by atoms with Crippen LogP contribution in [-0.4, -0.2) is 23.0 Å². The van der Waals surface area contributed by atoms with Gasteiger partial charge in [-0.05, 0) is 23.3 Å². The quantitative estimate of drug-likeness (QED) is 0.132. The van der Waals surface area contributed by atoms with Gasteiger partial charge in [0.2, 0.25) is 5.76 Å². The Bertz CT molecular complexity index is 1470. The topological polar surface area (TPSA) is 156 Å². The number of rotatable bonds is 5. The number of nitrogen functional groups attached to an aromatic ring is 1. The van der Waals surface area contributed by atoms with Gasteiger partial charge in [-0.3, -0.25) is 10.2 Å². The second-order valence-electron chi connectivity index (χ2n) is 7.23. The van der Waals surface area contributed by atoms with Crippen molar-refractivity contribution in [3.8, 4) is 34.1 Å². The third-order valence-electron chi connectivity index (χ3n) is 5.18. The van der Waals surface area contributed by atoms with E-state index in [0.29, 0.717) is 16.7 Å². The summed E-state index contributed by atoms with van der Waals surface area (Å²) in [5.74, 6) is 1.02. The first-order valence-electron chi connectivity index (χ1n) is 10.2. The smallest absolute Gasteiger partial charge is 0.382 e. The van der Waals surface area contributed by atoms with Gasteiger partial charge < -0.3 is 14.3 Å². The summed E-state index contributed by atoms with van der Waals surface area (Å²) in [6.45, 7) is 0. The summed E-state index contributed by atoms with van der Waals surface area (Å²) in [6, 6.07) is 21.9. The molecule has 0 aliphatic heterocycles. The summed E-state index contributed by atoms with van der Waals surface area (Å²) in [4.78, 5) is 38.2. The van der Waals surface area contributed by atoms with E-state index in [-0.39, 0.29) is 5.76 Å². The molecule has 9 heteroatoms. The lowest BCUT2D eigenvalue weighted by Gasteiger charge is -2.10. The van der Waals surface area contributed by atoms with Crippen LogP contribution < -0.4 is 11.3 Å². The lowest BCUT2D eigenvalue weighted by atomic mass is 9.97. The molecule has 1 aromatic heterocycles. The molecule has 0 saturated heterocycles. The van der Waals surface area contributed by atoms with Crippen LogP contribution in [0.4, 0.5) is 0 Å². The average Bonchev–Trinajstić information content (AvgIpc) is 3.34. The van der Waals surface area contributed by atoms with Crippen molar-refractivity contribution in [3.05, 3.63) is 102 Å². The highest BCUT2D eigenvalue weighted by molar-refractivity contribution is 6.12. The number of phenols is 1. The van der Waals surface area contributed by atoms with Crippen molar-refractivity contribution in [2.24, 2.45) is 5.84 Å². The fourth-order valence-corrected chi connectivity index (χ4v) is 3.60. The minimum absolute atomic E-state index is 0.229. The number of nitriles is 1. The van der Waals surface area contributed by atoms with E-state index >= 15 is 0 Å². The molecule has 0 fully saturated rings. The second kappa shape index (κ2) is 9.74. The van der Waals surface area contributed by atoms with Crippen LogP contribution >= 0.6 is 0 Å². The summed E-state index contributed by atoms with van der Waals surface area (Å²) >= 11 is 0. The van der Waals surface area contributed by atoms with Gasteiger partial charge in [0.25, 0.3) is 5.91 Å². The average molecular weight is 467 g/mol. The number of carbonyl (C=O) groups excluding carboxylic acids is 3. The molecular weight excluding hydrogens is 450 g/mol. The number of amides is 1. The largest absolute Gasteiger partial charge is 0.507 e. The maximum Gasteiger partial charge on any atom is 0.382 e. The molecule has 0 saturated carbocycles. The van der Waals surface area contributed by atoms with Gasteiger partial charge in [0.1, 0.15) is 23.6 Å². The molecule has 9 nitrogen and oxygen atoms in total. The summed E-state index contributed by atoms with van der Waals surface area (Å²) in [5.41, 5.74) is 2.79. The molecule has 4 N–H and O–H groups in total. The monoisotopic (exact) mass is 467 g/mol. The van der Waals surface area contributed by atoms with Crippen LogP contribution in [0.25, 0.3) is 22.3 Å². The zero-order valence-corrected chi connectivity index (χ0v) is 18.0. The number of nitrogens with one attached hydrogen (secondary N) is 1. The number of hydrazine groups is 1. The van der Waals surface area contributed by atoms with Crippen molar-refractivity contribution in [1.82, 2.24) is 5.43 Å². The third kappa shape index (κ3) is 4.37. The molecule has 1 amide bonds. The lowest BCUT2D eigenvalue weighted by molar-refractivity contribution is 0.0374. The number of furan rings is 1.